The first kappa shape index (κ1) is 20.1. The third-order valence-electron chi connectivity index (χ3n) is 6.27. The maximum atomic E-state index is 13.1. The minimum absolute atomic E-state index is 0.0896. The Hall–Kier alpha value is -3.82. The summed E-state index contributed by atoms with van der Waals surface area (Å²) < 4.78 is 3.75. The third kappa shape index (κ3) is 3.28. The number of aromatic nitrogens is 5. The average molecular weight is 434 g/mol. The molecular formula is C22H27N9O. The minimum atomic E-state index is -0.0896. The fourth-order valence-corrected chi connectivity index (χ4v) is 4.52. The fraction of sp³-hybridized carbons (Fsp3) is 0.364. The Morgan fingerprint density at radius 1 is 1.19 bits per heavy atom. The monoisotopic (exact) mass is 433 g/mol. The molecule has 3 N–H and O–H groups in total. The van der Waals surface area contributed by atoms with Crippen molar-refractivity contribution in [3.63, 3.8) is 0 Å². The van der Waals surface area contributed by atoms with Crippen LogP contribution in [-0.2, 0) is 14.1 Å². The van der Waals surface area contributed by atoms with Crippen molar-refractivity contribution in [2.45, 2.75) is 19.4 Å². The van der Waals surface area contributed by atoms with Gasteiger partial charge in [0.15, 0.2) is 5.65 Å². The van der Waals surface area contributed by atoms with Crippen molar-refractivity contribution in [2.75, 3.05) is 35.6 Å². The summed E-state index contributed by atoms with van der Waals surface area (Å²) in [5.41, 5.74) is 8.60. The van der Waals surface area contributed by atoms with E-state index in [1.807, 2.05) is 54.0 Å². The second-order valence-corrected chi connectivity index (χ2v) is 8.21. The molecule has 1 saturated heterocycles. The van der Waals surface area contributed by atoms with Crippen LogP contribution in [0.4, 0.5) is 22.2 Å². The van der Waals surface area contributed by atoms with Gasteiger partial charge in [0.1, 0.15) is 5.82 Å². The smallest absolute Gasteiger partial charge is 0.321 e. The summed E-state index contributed by atoms with van der Waals surface area (Å²) in [6, 6.07) is 7.99. The molecule has 0 unspecified atom stereocenters. The molecule has 32 heavy (non-hydrogen) atoms. The first-order chi connectivity index (χ1) is 15.5. The lowest BCUT2D eigenvalue weighted by Crippen LogP contribution is -2.56. The molecule has 1 aliphatic rings. The number of benzene rings is 1. The predicted octanol–water partition coefficient (Wildman–Crippen LogP) is 2.57. The Labute approximate surface area is 185 Å². The first-order valence-corrected chi connectivity index (χ1v) is 10.8. The Morgan fingerprint density at radius 2 is 2.03 bits per heavy atom. The van der Waals surface area contributed by atoms with Crippen molar-refractivity contribution in [3.8, 4) is 0 Å². The molecule has 10 heteroatoms. The van der Waals surface area contributed by atoms with Gasteiger partial charge in [0.2, 0.25) is 5.95 Å². The second-order valence-electron chi connectivity index (χ2n) is 8.21. The molecule has 0 aliphatic carbocycles. The van der Waals surface area contributed by atoms with E-state index >= 15 is 0 Å². The second kappa shape index (κ2) is 7.70. The van der Waals surface area contributed by atoms with Gasteiger partial charge in [-0.25, -0.2) is 4.79 Å². The number of carbonyl (C=O) groups is 1. The molecule has 2 amide bonds. The highest BCUT2D eigenvalue weighted by molar-refractivity contribution is 6.01. The summed E-state index contributed by atoms with van der Waals surface area (Å²) >= 11 is 0. The molecule has 0 bridgehead atoms. The number of nitrogen functional groups attached to an aromatic ring is 1. The topological polar surface area (TPSA) is 110 Å². The number of hydrogen-bond acceptors (Lipinski definition) is 6. The van der Waals surface area contributed by atoms with Crippen LogP contribution < -0.4 is 16.0 Å². The molecule has 3 aromatic heterocycles. The molecule has 0 spiro atoms. The van der Waals surface area contributed by atoms with Gasteiger partial charge in [-0.15, -0.1) is 0 Å². The number of urea groups is 1. The zero-order chi connectivity index (χ0) is 22.4. The van der Waals surface area contributed by atoms with Gasteiger partial charge in [-0.05, 0) is 24.6 Å². The Balaban J connectivity index is 1.37. The van der Waals surface area contributed by atoms with E-state index in [1.54, 1.807) is 10.9 Å². The minimum Gasteiger partial charge on any atom is -0.368 e. The number of carbonyl (C=O) groups excluding carboxylic acids is 1. The summed E-state index contributed by atoms with van der Waals surface area (Å²) in [5, 5.41) is 9.32. The highest BCUT2D eigenvalue weighted by Crippen LogP contribution is 2.29. The summed E-state index contributed by atoms with van der Waals surface area (Å²) in [4.78, 5) is 26.1. The lowest BCUT2D eigenvalue weighted by molar-refractivity contribution is 0.197. The highest BCUT2D eigenvalue weighted by Gasteiger charge is 2.31. The maximum absolute atomic E-state index is 13.1. The van der Waals surface area contributed by atoms with Crippen LogP contribution in [-0.4, -0.2) is 60.9 Å². The molecular weight excluding hydrogens is 406 g/mol. The number of nitrogens with one attached hydrogen (secondary N) is 1. The van der Waals surface area contributed by atoms with Crippen molar-refractivity contribution >= 4 is 45.4 Å². The van der Waals surface area contributed by atoms with Crippen LogP contribution in [0.5, 0.6) is 0 Å². The van der Waals surface area contributed by atoms with Crippen molar-refractivity contribution < 1.29 is 4.79 Å². The normalized spacial score (nSPS) is 16.8. The number of aryl methyl sites for hydroxylation is 2. The predicted molar refractivity (Wildman–Crippen MR) is 126 cm³/mol. The van der Waals surface area contributed by atoms with Crippen LogP contribution in [0.1, 0.15) is 13.3 Å². The molecule has 0 radical (unpaired) electrons. The number of amides is 2. The number of fused-ring (bicyclic) bond motifs is 2. The van der Waals surface area contributed by atoms with Gasteiger partial charge < -0.3 is 25.4 Å². The Morgan fingerprint density at radius 3 is 2.84 bits per heavy atom. The van der Waals surface area contributed by atoms with E-state index in [0.29, 0.717) is 25.3 Å². The number of anilines is 3. The van der Waals surface area contributed by atoms with E-state index in [-0.39, 0.29) is 18.0 Å². The molecule has 10 nitrogen and oxygen atoms in total. The summed E-state index contributed by atoms with van der Waals surface area (Å²) in [6.45, 7) is 3.95. The number of hydrogen-bond donors (Lipinski definition) is 2. The number of nitrogens with two attached hydrogens (primary N) is 1. The standard InChI is InChI=1S/C22H27N9O/c1-4-14-13-30(22(32)25-17-6-5-7-18-15(17)8-9-28(18)2)10-11-31(14)20-16-12-24-29(3)19(16)26-21(23)27-20/h5-9,12,14H,4,10-11,13H2,1-3H3,(H,25,32)(H2,23,26,27)/t14-/m0/s1. The van der Waals surface area contributed by atoms with Gasteiger partial charge >= 0.3 is 6.03 Å². The van der Waals surface area contributed by atoms with Crippen LogP contribution in [0.15, 0.2) is 36.7 Å². The zero-order valence-electron chi connectivity index (χ0n) is 18.5. The number of nitrogens with zero attached hydrogens (tertiary/aromatic N) is 7. The van der Waals surface area contributed by atoms with Gasteiger partial charge in [-0.2, -0.15) is 15.1 Å². The van der Waals surface area contributed by atoms with E-state index in [0.717, 1.165) is 34.2 Å². The average Bonchev–Trinajstić information content (AvgIpc) is 3.36. The molecule has 4 aromatic rings. The molecule has 0 saturated carbocycles. The van der Waals surface area contributed by atoms with Crippen molar-refractivity contribution in [1.82, 2.24) is 29.2 Å². The largest absolute Gasteiger partial charge is 0.368 e. The number of piperazine rings is 1. The third-order valence-corrected chi connectivity index (χ3v) is 6.27. The van der Waals surface area contributed by atoms with E-state index in [1.165, 1.54) is 0 Å². The van der Waals surface area contributed by atoms with E-state index in [4.69, 9.17) is 5.73 Å². The van der Waals surface area contributed by atoms with Gasteiger partial charge in [0.05, 0.1) is 17.3 Å². The Bertz CT molecular complexity index is 1310. The van der Waals surface area contributed by atoms with Crippen LogP contribution in [0.3, 0.4) is 0 Å². The van der Waals surface area contributed by atoms with Gasteiger partial charge in [0.25, 0.3) is 0 Å². The summed E-state index contributed by atoms with van der Waals surface area (Å²) in [7, 11) is 3.84. The molecule has 1 fully saturated rings. The van der Waals surface area contributed by atoms with Crippen LogP contribution in [0.2, 0.25) is 0 Å². The zero-order valence-corrected chi connectivity index (χ0v) is 18.5. The first-order valence-electron chi connectivity index (χ1n) is 10.8. The van der Waals surface area contributed by atoms with Crippen LogP contribution >= 0.6 is 0 Å². The van der Waals surface area contributed by atoms with Crippen LogP contribution in [0.25, 0.3) is 21.9 Å². The lowest BCUT2D eigenvalue weighted by atomic mass is 10.1. The summed E-state index contributed by atoms with van der Waals surface area (Å²) in [6.07, 6.45) is 4.64. The Kier molecular flexibility index (Phi) is 4.84. The van der Waals surface area contributed by atoms with Gasteiger partial charge in [-0.1, -0.05) is 13.0 Å². The molecule has 1 atom stereocenters. The van der Waals surface area contributed by atoms with E-state index in [2.05, 4.69) is 32.2 Å². The number of rotatable bonds is 3. The fourth-order valence-electron chi connectivity index (χ4n) is 4.52. The molecule has 1 aromatic carbocycles. The molecule has 166 valence electrons. The lowest BCUT2D eigenvalue weighted by Gasteiger charge is -2.42. The summed E-state index contributed by atoms with van der Waals surface area (Å²) in [5.74, 6) is 1.00. The SMILES string of the molecule is CC[C@H]1CN(C(=O)Nc2cccc3c2ccn3C)CCN1c1nc(N)nc2c1cnn2C. The van der Waals surface area contributed by atoms with Crippen LogP contribution in [0, 0.1) is 0 Å². The van der Waals surface area contributed by atoms with Crippen molar-refractivity contribution in [3.05, 3.63) is 36.7 Å². The molecule has 4 heterocycles. The highest BCUT2D eigenvalue weighted by atomic mass is 16.2. The van der Waals surface area contributed by atoms with Crippen molar-refractivity contribution in [2.24, 2.45) is 14.1 Å². The van der Waals surface area contributed by atoms with E-state index < -0.39 is 0 Å². The van der Waals surface area contributed by atoms with E-state index in [9.17, 15) is 4.79 Å². The van der Waals surface area contributed by atoms with Crippen molar-refractivity contribution in [1.29, 1.82) is 0 Å². The molecule has 1 aliphatic heterocycles. The van der Waals surface area contributed by atoms with Gasteiger partial charge in [0, 0.05) is 56.9 Å². The van der Waals surface area contributed by atoms with Gasteiger partial charge in [-0.3, -0.25) is 4.68 Å². The maximum Gasteiger partial charge on any atom is 0.321 e. The molecule has 5 rings (SSSR count). The quantitative estimate of drug-likeness (QED) is 0.514.